The number of hydrogen-bond donors (Lipinski definition) is 1. The van der Waals surface area contributed by atoms with Crippen LogP contribution in [0.2, 0.25) is 0 Å². The first kappa shape index (κ1) is 10.7. The number of nitrogens with zero attached hydrogens (tertiary/aromatic N) is 3. The van der Waals surface area contributed by atoms with Crippen LogP contribution in [0, 0.1) is 13.8 Å². The van der Waals surface area contributed by atoms with Crippen LogP contribution >= 0.6 is 0 Å². The standard InChI is InChI=1S/C12H13N3O/c1-8-13-9(2)15-12(14-8)11-5-3-10(7-16)4-6-11/h3-6,16H,7H2,1-2H3. The van der Waals surface area contributed by atoms with Crippen molar-refractivity contribution in [3.05, 3.63) is 41.5 Å². The molecule has 0 unspecified atom stereocenters. The fraction of sp³-hybridized carbons (Fsp3) is 0.250. The van der Waals surface area contributed by atoms with Gasteiger partial charge in [0.25, 0.3) is 0 Å². The summed E-state index contributed by atoms with van der Waals surface area (Å²) in [7, 11) is 0. The number of rotatable bonds is 2. The van der Waals surface area contributed by atoms with Gasteiger partial charge in [0.1, 0.15) is 11.6 Å². The quantitative estimate of drug-likeness (QED) is 0.827. The first-order valence-corrected chi connectivity index (χ1v) is 5.08. The number of aliphatic hydroxyl groups is 1. The predicted octanol–water partition coefficient (Wildman–Crippen LogP) is 1.65. The minimum Gasteiger partial charge on any atom is -0.392 e. The van der Waals surface area contributed by atoms with E-state index in [1.54, 1.807) is 0 Å². The van der Waals surface area contributed by atoms with Gasteiger partial charge in [0.05, 0.1) is 6.61 Å². The molecule has 0 bridgehead atoms. The van der Waals surface area contributed by atoms with E-state index in [0.717, 1.165) is 11.1 Å². The molecular weight excluding hydrogens is 202 g/mol. The van der Waals surface area contributed by atoms with Gasteiger partial charge in [-0.2, -0.15) is 0 Å². The van der Waals surface area contributed by atoms with Gasteiger partial charge in [-0.05, 0) is 19.4 Å². The van der Waals surface area contributed by atoms with E-state index < -0.39 is 0 Å². The van der Waals surface area contributed by atoms with Gasteiger partial charge >= 0.3 is 0 Å². The van der Waals surface area contributed by atoms with Gasteiger partial charge in [-0.25, -0.2) is 15.0 Å². The second-order valence-electron chi connectivity index (χ2n) is 3.61. The second-order valence-corrected chi connectivity index (χ2v) is 3.61. The minimum atomic E-state index is 0.0511. The molecule has 0 saturated carbocycles. The van der Waals surface area contributed by atoms with Gasteiger partial charge in [-0.3, -0.25) is 0 Å². The Kier molecular flexibility index (Phi) is 2.92. The Morgan fingerprint density at radius 2 is 1.50 bits per heavy atom. The fourth-order valence-corrected chi connectivity index (χ4v) is 1.50. The third-order valence-corrected chi connectivity index (χ3v) is 2.25. The van der Waals surface area contributed by atoms with Crippen LogP contribution in [0.15, 0.2) is 24.3 Å². The van der Waals surface area contributed by atoms with Crippen LogP contribution < -0.4 is 0 Å². The van der Waals surface area contributed by atoms with Gasteiger partial charge in [0.15, 0.2) is 5.82 Å². The molecule has 1 heterocycles. The molecule has 82 valence electrons. The van der Waals surface area contributed by atoms with E-state index >= 15 is 0 Å². The molecule has 0 spiro atoms. The summed E-state index contributed by atoms with van der Waals surface area (Å²) >= 11 is 0. The van der Waals surface area contributed by atoms with Crippen molar-refractivity contribution in [2.24, 2.45) is 0 Å². The molecule has 16 heavy (non-hydrogen) atoms. The molecule has 1 N–H and O–H groups in total. The number of aromatic nitrogens is 3. The molecule has 4 nitrogen and oxygen atoms in total. The van der Waals surface area contributed by atoms with E-state index in [1.165, 1.54) is 0 Å². The van der Waals surface area contributed by atoms with Crippen molar-refractivity contribution >= 4 is 0 Å². The predicted molar refractivity (Wildman–Crippen MR) is 60.7 cm³/mol. The van der Waals surface area contributed by atoms with E-state index in [-0.39, 0.29) is 6.61 Å². The van der Waals surface area contributed by atoms with Gasteiger partial charge in [-0.15, -0.1) is 0 Å². The van der Waals surface area contributed by atoms with E-state index in [2.05, 4.69) is 15.0 Å². The zero-order valence-electron chi connectivity index (χ0n) is 9.31. The maximum Gasteiger partial charge on any atom is 0.163 e. The zero-order chi connectivity index (χ0) is 11.5. The monoisotopic (exact) mass is 215 g/mol. The lowest BCUT2D eigenvalue weighted by Gasteiger charge is -2.03. The summed E-state index contributed by atoms with van der Waals surface area (Å²) in [4.78, 5) is 12.7. The molecule has 4 heteroatoms. The highest BCUT2D eigenvalue weighted by molar-refractivity contribution is 5.55. The summed E-state index contributed by atoms with van der Waals surface area (Å²) in [5, 5.41) is 8.95. The summed E-state index contributed by atoms with van der Waals surface area (Å²) in [6.07, 6.45) is 0. The maximum absolute atomic E-state index is 8.95. The molecule has 0 aliphatic heterocycles. The summed E-state index contributed by atoms with van der Waals surface area (Å²) < 4.78 is 0. The maximum atomic E-state index is 8.95. The summed E-state index contributed by atoms with van der Waals surface area (Å²) in [5.74, 6) is 2.11. The van der Waals surface area contributed by atoms with Crippen molar-refractivity contribution in [1.82, 2.24) is 15.0 Å². The molecule has 0 aliphatic carbocycles. The SMILES string of the molecule is Cc1nc(C)nc(-c2ccc(CO)cc2)n1. The van der Waals surface area contributed by atoms with E-state index in [0.29, 0.717) is 17.5 Å². The van der Waals surface area contributed by atoms with Gasteiger partial charge < -0.3 is 5.11 Å². The van der Waals surface area contributed by atoms with Crippen molar-refractivity contribution in [3.63, 3.8) is 0 Å². The number of aliphatic hydroxyl groups excluding tert-OH is 1. The van der Waals surface area contributed by atoms with Crippen LogP contribution in [-0.4, -0.2) is 20.1 Å². The second kappa shape index (κ2) is 4.37. The van der Waals surface area contributed by atoms with Crippen molar-refractivity contribution in [2.75, 3.05) is 0 Å². The summed E-state index contributed by atoms with van der Waals surface area (Å²) in [6, 6.07) is 7.53. The van der Waals surface area contributed by atoms with Crippen molar-refractivity contribution in [2.45, 2.75) is 20.5 Å². The van der Waals surface area contributed by atoms with E-state index in [1.807, 2.05) is 38.1 Å². The molecule has 1 aromatic heterocycles. The van der Waals surface area contributed by atoms with E-state index in [4.69, 9.17) is 5.11 Å². The number of aryl methyl sites for hydroxylation is 2. The Morgan fingerprint density at radius 3 is 2.00 bits per heavy atom. The lowest BCUT2D eigenvalue weighted by atomic mass is 10.1. The lowest BCUT2D eigenvalue weighted by Crippen LogP contribution is -1.98. The highest BCUT2D eigenvalue weighted by Gasteiger charge is 2.03. The fourth-order valence-electron chi connectivity index (χ4n) is 1.50. The molecule has 2 rings (SSSR count). The Hall–Kier alpha value is -1.81. The summed E-state index contributed by atoms with van der Waals surface area (Å²) in [5.41, 5.74) is 1.82. The Bertz CT molecular complexity index is 474. The van der Waals surface area contributed by atoms with Crippen molar-refractivity contribution in [3.8, 4) is 11.4 Å². The minimum absolute atomic E-state index is 0.0511. The first-order valence-electron chi connectivity index (χ1n) is 5.08. The van der Waals surface area contributed by atoms with Crippen LogP contribution in [0.25, 0.3) is 11.4 Å². The smallest absolute Gasteiger partial charge is 0.163 e. The summed E-state index contributed by atoms with van der Waals surface area (Å²) in [6.45, 7) is 3.75. The highest BCUT2D eigenvalue weighted by Crippen LogP contribution is 2.15. The number of hydrogen-bond acceptors (Lipinski definition) is 4. The average molecular weight is 215 g/mol. The van der Waals surface area contributed by atoms with E-state index in [9.17, 15) is 0 Å². The molecule has 0 fully saturated rings. The highest BCUT2D eigenvalue weighted by atomic mass is 16.3. The molecule has 2 aromatic rings. The van der Waals surface area contributed by atoms with Crippen LogP contribution in [0.5, 0.6) is 0 Å². The molecule has 0 atom stereocenters. The normalized spacial score (nSPS) is 10.4. The van der Waals surface area contributed by atoms with Crippen LogP contribution in [0.4, 0.5) is 0 Å². The Labute approximate surface area is 94.0 Å². The van der Waals surface area contributed by atoms with Crippen molar-refractivity contribution < 1.29 is 5.11 Å². The van der Waals surface area contributed by atoms with Crippen molar-refractivity contribution in [1.29, 1.82) is 0 Å². The first-order chi connectivity index (χ1) is 7.69. The molecule has 0 amide bonds. The Balaban J connectivity index is 2.42. The van der Waals surface area contributed by atoms with Crippen LogP contribution in [-0.2, 0) is 6.61 Å². The largest absolute Gasteiger partial charge is 0.392 e. The third kappa shape index (κ3) is 2.23. The van der Waals surface area contributed by atoms with Gasteiger partial charge in [0, 0.05) is 5.56 Å². The molecule has 0 aliphatic rings. The third-order valence-electron chi connectivity index (χ3n) is 2.25. The van der Waals surface area contributed by atoms with Gasteiger partial charge in [-0.1, -0.05) is 24.3 Å². The lowest BCUT2D eigenvalue weighted by molar-refractivity contribution is 0.282. The topological polar surface area (TPSA) is 58.9 Å². The molecule has 0 radical (unpaired) electrons. The Morgan fingerprint density at radius 1 is 0.938 bits per heavy atom. The zero-order valence-corrected chi connectivity index (χ0v) is 9.31. The molecule has 0 saturated heterocycles. The van der Waals surface area contributed by atoms with Gasteiger partial charge in [0.2, 0.25) is 0 Å². The van der Waals surface area contributed by atoms with Crippen LogP contribution in [0.1, 0.15) is 17.2 Å². The molecule has 1 aromatic carbocycles. The van der Waals surface area contributed by atoms with Crippen LogP contribution in [0.3, 0.4) is 0 Å². The number of benzene rings is 1. The molecular formula is C12H13N3O. The average Bonchev–Trinajstić information content (AvgIpc) is 2.28.